The van der Waals surface area contributed by atoms with Crippen LogP contribution in [0.25, 0.3) is 0 Å². The van der Waals surface area contributed by atoms with Gasteiger partial charge in [0, 0.05) is 6.42 Å². The van der Waals surface area contributed by atoms with E-state index in [-0.39, 0.29) is 19.4 Å². The molecule has 0 bridgehead atoms. The summed E-state index contributed by atoms with van der Waals surface area (Å²) in [5.41, 5.74) is 0. The minimum absolute atomic E-state index is 0.0638. The number of hydrogen-bond donors (Lipinski definition) is 6. The molecule has 0 spiro atoms. The Labute approximate surface area is 461 Å². The van der Waals surface area contributed by atoms with Crippen molar-refractivity contribution < 1.29 is 49.3 Å². The van der Waals surface area contributed by atoms with Crippen LogP contribution in [0.2, 0.25) is 0 Å². The molecule has 1 heterocycles. The van der Waals surface area contributed by atoms with Gasteiger partial charge in [0.05, 0.1) is 25.4 Å². The fourth-order valence-corrected chi connectivity index (χ4v) is 8.28. The van der Waals surface area contributed by atoms with E-state index < -0.39 is 67.4 Å². The molecule has 0 radical (unpaired) electrons. The number of ether oxygens (including phenoxy) is 3. The van der Waals surface area contributed by atoms with E-state index in [2.05, 4.69) is 99.0 Å². The molecule has 1 fully saturated rings. The predicted molar refractivity (Wildman–Crippen MR) is 314 cm³/mol. The Morgan fingerprint density at radius 3 is 1.58 bits per heavy atom. The first kappa shape index (κ1) is 69.8. The summed E-state index contributed by atoms with van der Waals surface area (Å²) >= 11 is 0. The summed E-state index contributed by atoms with van der Waals surface area (Å²) in [6.45, 7) is 5.46. The van der Waals surface area contributed by atoms with Gasteiger partial charge in [0.1, 0.15) is 24.4 Å². The van der Waals surface area contributed by atoms with Gasteiger partial charge in [-0.1, -0.05) is 238 Å². The average Bonchev–Trinajstić information content (AvgIpc) is 3.42. The molecule has 76 heavy (non-hydrogen) atoms. The summed E-state index contributed by atoms with van der Waals surface area (Å²) in [6.07, 6.45) is 62.0. The molecule has 1 saturated heterocycles. The van der Waals surface area contributed by atoms with Crippen LogP contribution in [-0.4, -0.2) is 99.6 Å². The lowest BCUT2D eigenvalue weighted by Crippen LogP contribution is -2.61. The second-order valence-electron chi connectivity index (χ2n) is 19.7. The Kier molecular flexibility index (Phi) is 47.4. The van der Waals surface area contributed by atoms with E-state index in [9.17, 15) is 35.1 Å². The van der Waals surface area contributed by atoms with Crippen LogP contribution >= 0.6 is 0 Å². The van der Waals surface area contributed by atoms with Crippen molar-refractivity contribution in [1.29, 1.82) is 0 Å². The van der Waals surface area contributed by atoms with Crippen LogP contribution in [-0.2, 0) is 23.8 Å². The Hall–Kier alpha value is -4.20. The SMILES string of the molecule is CC/C=C\C/C=C\C/C=C\C/C=C\C/C=C\CCCCCCC(O)C(=O)NC(COC1OC(CO)C(O)C(O)C1OC(=O)CCCCC/C=C/C=C\C=C/C=C/C=C/CC)C(O)/C=C/CCCCCCCCCCCC. The van der Waals surface area contributed by atoms with Crippen LogP contribution in [0, 0.1) is 0 Å². The van der Waals surface area contributed by atoms with Gasteiger partial charge in [0.15, 0.2) is 12.4 Å². The number of aliphatic hydroxyl groups excluding tert-OH is 5. The maximum Gasteiger partial charge on any atom is 0.306 e. The van der Waals surface area contributed by atoms with Crippen molar-refractivity contribution in [3.05, 3.63) is 134 Å². The zero-order valence-corrected chi connectivity index (χ0v) is 47.3. The number of amides is 1. The molecule has 11 nitrogen and oxygen atoms in total. The van der Waals surface area contributed by atoms with Crippen LogP contribution in [0.4, 0.5) is 0 Å². The predicted octanol–water partition coefficient (Wildman–Crippen LogP) is 13.7. The first-order valence-electron chi connectivity index (χ1n) is 29.5. The first-order chi connectivity index (χ1) is 37.2. The summed E-state index contributed by atoms with van der Waals surface area (Å²) in [5, 5.41) is 56.9. The molecule has 1 aliphatic heterocycles. The standard InChI is InChI=1S/C65H105NO10/c1-4-7-10-13-16-19-22-25-27-28-29-30-31-33-34-37-40-43-46-49-52-58(69)64(73)66-56(57(68)51-48-45-42-39-36-24-21-18-15-12-9-6-3)55-74-65-63(62(72)61(71)59(54-67)75-65)76-60(70)53-50-47-44-41-38-35-32-26-23-20-17-14-11-8-5-2/h7-8,10-11,14,16-17,19-20,23,25-27,29-30,32-35,38,48,51,56-59,61-63,65,67-69,71-72H,4-6,9,12-13,15,18,21-22,24,28,31,36-37,39-47,49-50,52-55H2,1-3H3,(H,66,73)/b10-7-,11-8+,17-14+,19-16-,23-20-,27-25-,30-29-,32-26-,34-33-,38-35+,51-48+. The van der Waals surface area contributed by atoms with Crippen LogP contribution in [0.5, 0.6) is 0 Å². The van der Waals surface area contributed by atoms with Crippen LogP contribution in [0.1, 0.15) is 201 Å². The first-order valence-corrected chi connectivity index (χ1v) is 29.5. The second kappa shape index (κ2) is 51.6. The largest absolute Gasteiger partial charge is 0.454 e. The van der Waals surface area contributed by atoms with Crippen LogP contribution in [0.15, 0.2) is 134 Å². The fourth-order valence-electron chi connectivity index (χ4n) is 8.28. The Balaban J connectivity index is 2.76. The minimum Gasteiger partial charge on any atom is -0.454 e. The molecule has 430 valence electrons. The second-order valence-corrected chi connectivity index (χ2v) is 19.7. The smallest absolute Gasteiger partial charge is 0.306 e. The van der Waals surface area contributed by atoms with Crippen molar-refractivity contribution >= 4 is 11.9 Å². The molecule has 0 aromatic heterocycles. The van der Waals surface area contributed by atoms with Crippen molar-refractivity contribution in [2.75, 3.05) is 13.2 Å². The van der Waals surface area contributed by atoms with Gasteiger partial charge in [-0.25, -0.2) is 0 Å². The zero-order chi connectivity index (χ0) is 55.4. The highest BCUT2D eigenvalue weighted by molar-refractivity contribution is 5.80. The van der Waals surface area contributed by atoms with Gasteiger partial charge in [-0.3, -0.25) is 9.59 Å². The van der Waals surface area contributed by atoms with E-state index >= 15 is 0 Å². The lowest BCUT2D eigenvalue weighted by molar-refractivity contribution is -0.305. The number of nitrogens with one attached hydrogen (secondary N) is 1. The highest BCUT2D eigenvalue weighted by Gasteiger charge is 2.47. The van der Waals surface area contributed by atoms with Gasteiger partial charge in [-0.2, -0.15) is 0 Å². The van der Waals surface area contributed by atoms with E-state index in [0.717, 1.165) is 109 Å². The Bertz CT molecular complexity index is 1740. The van der Waals surface area contributed by atoms with Gasteiger partial charge in [-0.15, -0.1) is 0 Å². The van der Waals surface area contributed by atoms with E-state index in [1.54, 1.807) is 6.08 Å². The van der Waals surface area contributed by atoms with Crippen molar-refractivity contribution in [2.45, 2.75) is 250 Å². The Morgan fingerprint density at radius 2 is 1.01 bits per heavy atom. The number of rotatable bonds is 47. The third-order valence-corrected chi connectivity index (χ3v) is 12.9. The lowest BCUT2D eigenvalue weighted by atomic mass is 9.99. The number of esters is 1. The van der Waals surface area contributed by atoms with Crippen molar-refractivity contribution in [2.24, 2.45) is 0 Å². The van der Waals surface area contributed by atoms with Crippen molar-refractivity contribution in [3.63, 3.8) is 0 Å². The number of carbonyl (C=O) groups excluding carboxylic acids is 2. The maximum absolute atomic E-state index is 13.4. The molecule has 1 amide bonds. The summed E-state index contributed by atoms with van der Waals surface area (Å²) < 4.78 is 17.5. The van der Waals surface area contributed by atoms with Gasteiger partial charge in [-0.05, 0) is 89.9 Å². The van der Waals surface area contributed by atoms with Crippen LogP contribution < -0.4 is 5.32 Å². The molecule has 0 saturated carbocycles. The van der Waals surface area contributed by atoms with E-state index in [1.807, 2.05) is 54.7 Å². The molecule has 8 atom stereocenters. The third-order valence-electron chi connectivity index (χ3n) is 12.9. The molecule has 6 N–H and O–H groups in total. The summed E-state index contributed by atoms with van der Waals surface area (Å²) in [5.74, 6) is -1.27. The molecule has 11 heteroatoms. The van der Waals surface area contributed by atoms with Gasteiger partial charge >= 0.3 is 5.97 Å². The molecule has 0 aromatic rings. The van der Waals surface area contributed by atoms with E-state index in [4.69, 9.17) is 14.2 Å². The van der Waals surface area contributed by atoms with Crippen molar-refractivity contribution in [3.8, 4) is 0 Å². The number of allylic oxidation sites excluding steroid dienone is 21. The number of unbranched alkanes of at least 4 members (excludes halogenated alkanes) is 17. The minimum atomic E-state index is -1.64. The molecule has 0 aromatic carbocycles. The topological polar surface area (TPSA) is 175 Å². The molecular formula is C65H105NO10. The summed E-state index contributed by atoms with van der Waals surface area (Å²) in [6, 6.07) is -1.05. The average molecular weight is 1060 g/mol. The van der Waals surface area contributed by atoms with Gasteiger partial charge in [0.2, 0.25) is 5.91 Å². The summed E-state index contributed by atoms with van der Waals surface area (Å²) in [4.78, 5) is 26.5. The monoisotopic (exact) mass is 1060 g/mol. The lowest BCUT2D eigenvalue weighted by Gasteiger charge is -2.41. The molecule has 0 aliphatic carbocycles. The normalized spacial score (nSPS) is 20.1. The molecule has 1 rings (SSSR count). The number of aliphatic hydroxyl groups is 5. The fraction of sp³-hybridized carbons (Fsp3) is 0.631. The molecular weight excluding hydrogens is 955 g/mol. The van der Waals surface area contributed by atoms with E-state index in [1.165, 1.54) is 44.9 Å². The Morgan fingerprint density at radius 1 is 0.539 bits per heavy atom. The highest BCUT2D eigenvalue weighted by atomic mass is 16.7. The van der Waals surface area contributed by atoms with Crippen LogP contribution in [0.3, 0.4) is 0 Å². The van der Waals surface area contributed by atoms with Crippen molar-refractivity contribution in [1.82, 2.24) is 5.32 Å². The number of carbonyl (C=O) groups is 2. The summed E-state index contributed by atoms with van der Waals surface area (Å²) in [7, 11) is 0. The quantitative estimate of drug-likeness (QED) is 0.0149. The molecule has 8 unspecified atom stereocenters. The zero-order valence-electron chi connectivity index (χ0n) is 47.3. The van der Waals surface area contributed by atoms with Gasteiger partial charge < -0.3 is 45.1 Å². The number of hydrogen-bond acceptors (Lipinski definition) is 10. The maximum atomic E-state index is 13.4. The van der Waals surface area contributed by atoms with Gasteiger partial charge in [0.25, 0.3) is 0 Å². The molecule has 1 aliphatic rings. The van der Waals surface area contributed by atoms with E-state index in [0.29, 0.717) is 12.8 Å². The third kappa shape index (κ3) is 39.2. The highest BCUT2D eigenvalue weighted by Crippen LogP contribution is 2.26.